The molecule has 6 aromatic rings. The van der Waals surface area contributed by atoms with Crippen molar-refractivity contribution in [3.8, 4) is 50.7 Å². The second-order valence-corrected chi connectivity index (χ2v) is 18.1. The summed E-state index contributed by atoms with van der Waals surface area (Å²) in [6.07, 6.45) is 0.480. The van der Waals surface area contributed by atoms with E-state index < -0.39 is 24.0 Å². The largest absolute Gasteiger partial charge is 0.490 e. The summed E-state index contributed by atoms with van der Waals surface area (Å²) in [6.45, 7) is 9.47. The molecule has 66 heavy (non-hydrogen) atoms. The smallest absolute Gasteiger partial charge is 0.345 e. The van der Waals surface area contributed by atoms with Crippen molar-refractivity contribution < 1.29 is 47.4 Å². The molecule has 1 N–H and O–H groups in total. The number of thiophene rings is 1. The summed E-state index contributed by atoms with van der Waals surface area (Å²) < 4.78 is 57.4. The van der Waals surface area contributed by atoms with E-state index in [0.29, 0.717) is 108 Å². The predicted octanol–water partition coefficient (Wildman–Crippen LogP) is 7.71. The molecule has 4 bridgehead atoms. The van der Waals surface area contributed by atoms with Gasteiger partial charge in [0.1, 0.15) is 60.5 Å². The average Bonchev–Trinajstić information content (AvgIpc) is 3.71. The maximum Gasteiger partial charge on any atom is 0.345 e. The Balaban J connectivity index is 1.13. The Morgan fingerprint density at radius 3 is 2.45 bits per heavy atom. The molecule has 3 atom stereocenters. The zero-order chi connectivity index (χ0) is 45.9. The standard InChI is InChI=1S/C47H47Cl2FN6O9S/c1-26-37-27(2)41(49)42(40(26)48)64-33(20-56-14-12-55(3)13-15-56)23-61-32-8-9-35(62-21-31-10-11-51-47(54-31)63-24-34-22-59-16-17-60-34)29(18-32)19-36(46(57)58)65-44-39-38(37)43(66-45(39)53-25-52-44)28-4-6-30(50)7-5-28/h4-11,18,25,33-34,36H,12-17,19-24H2,1-3H3,(H,57,58)/t33-,34-,36-/m1/s1. The number of halogens is 3. The monoisotopic (exact) mass is 960 g/mol. The maximum atomic E-state index is 14.4. The molecule has 0 unspecified atom stereocenters. The quantitative estimate of drug-likeness (QED) is 0.142. The van der Waals surface area contributed by atoms with E-state index in [9.17, 15) is 14.3 Å². The number of fused-ring (bicyclic) bond motifs is 7. The molecule has 2 saturated heterocycles. The van der Waals surface area contributed by atoms with Gasteiger partial charge in [-0.05, 0) is 79.5 Å². The molecule has 3 aromatic carbocycles. The van der Waals surface area contributed by atoms with E-state index >= 15 is 0 Å². The van der Waals surface area contributed by atoms with Crippen LogP contribution in [0.25, 0.3) is 31.8 Å². The fourth-order valence-corrected chi connectivity index (χ4v) is 9.85. The van der Waals surface area contributed by atoms with Gasteiger partial charge < -0.3 is 43.2 Å². The van der Waals surface area contributed by atoms with Crippen molar-refractivity contribution >= 4 is 50.7 Å². The van der Waals surface area contributed by atoms with Crippen molar-refractivity contribution in [2.24, 2.45) is 0 Å². The number of rotatable bonds is 10. The normalized spacial score (nSPS) is 19.4. The van der Waals surface area contributed by atoms with E-state index in [1.54, 1.807) is 42.6 Å². The van der Waals surface area contributed by atoms with Gasteiger partial charge in [-0.2, -0.15) is 4.98 Å². The van der Waals surface area contributed by atoms with E-state index in [1.165, 1.54) is 29.8 Å². The van der Waals surface area contributed by atoms with Crippen LogP contribution < -0.4 is 23.7 Å². The van der Waals surface area contributed by atoms with Crippen molar-refractivity contribution in [1.82, 2.24) is 29.7 Å². The SMILES string of the molecule is Cc1c(Cl)c2c(Cl)c(C)c1-c1c(-c3ccc(F)cc3)sc3ncnc(c13)O[C@@H](C(=O)O)Cc1cc(ccc1OCc1ccnc(OC[C@H]3COCCO3)n1)OC[C@@H](CN1CCN(C)CC1)O2. The number of carboxylic acids is 1. The third-order valence-corrected chi connectivity index (χ3v) is 13.8. The van der Waals surface area contributed by atoms with Crippen LogP contribution in [-0.4, -0.2) is 132 Å². The molecule has 4 aliphatic rings. The number of benzene rings is 3. The van der Waals surface area contributed by atoms with E-state index in [2.05, 4.69) is 36.8 Å². The Morgan fingerprint density at radius 1 is 0.924 bits per heavy atom. The Morgan fingerprint density at radius 2 is 1.71 bits per heavy atom. The molecule has 2 fully saturated rings. The lowest BCUT2D eigenvalue weighted by molar-refractivity contribution is -0.145. The van der Waals surface area contributed by atoms with Crippen LogP contribution in [0.5, 0.6) is 29.1 Å². The minimum absolute atomic E-state index is 0.00303. The molecule has 0 spiro atoms. The molecule has 0 saturated carbocycles. The highest BCUT2D eigenvalue weighted by atomic mass is 35.5. The van der Waals surface area contributed by atoms with Gasteiger partial charge in [0.05, 0.1) is 40.9 Å². The van der Waals surface area contributed by atoms with Gasteiger partial charge in [0.25, 0.3) is 0 Å². The molecule has 346 valence electrons. The summed E-state index contributed by atoms with van der Waals surface area (Å²) >= 11 is 16.0. The highest BCUT2D eigenvalue weighted by Crippen LogP contribution is 2.53. The zero-order valence-corrected chi connectivity index (χ0v) is 38.8. The van der Waals surface area contributed by atoms with Gasteiger partial charge >= 0.3 is 12.0 Å². The van der Waals surface area contributed by atoms with Gasteiger partial charge in [0.2, 0.25) is 12.0 Å². The van der Waals surface area contributed by atoms with Crippen molar-refractivity contribution in [2.45, 2.75) is 45.2 Å². The number of hydrogen-bond acceptors (Lipinski definition) is 15. The lowest BCUT2D eigenvalue weighted by Gasteiger charge is -2.35. The third-order valence-electron chi connectivity index (χ3n) is 11.7. The minimum atomic E-state index is -1.48. The number of nitrogens with zero attached hydrogens (tertiary/aromatic N) is 6. The van der Waals surface area contributed by atoms with Crippen LogP contribution in [0.1, 0.15) is 22.4 Å². The Kier molecular flexibility index (Phi) is 14.0. The number of likely N-dealkylation sites (N-methyl/N-ethyl adjacent to an activating group) is 1. The van der Waals surface area contributed by atoms with E-state index in [0.717, 1.165) is 26.2 Å². The number of carboxylic acid groups (broad SMARTS) is 1. The summed E-state index contributed by atoms with van der Waals surface area (Å²) in [7, 11) is 2.10. The molecule has 0 aliphatic carbocycles. The lowest BCUT2D eigenvalue weighted by atomic mass is 9.92. The summed E-state index contributed by atoms with van der Waals surface area (Å²) in [5, 5.41) is 11.9. The highest BCUT2D eigenvalue weighted by Gasteiger charge is 2.32. The van der Waals surface area contributed by atoms with Crippen LogP contribution >= 0.6 is 34.5 Å². The Labute approximate surface area is 394 Å². The maximum absolute atomic E-state index is 14.4. The van der Waals surface area contributed by atoms with Gasteiger partial charge in [-0.25, -0.2) is 24.1 Å². The van der Waals surface area contributed by atoms with E-state index in [1.807, 2.05) is 13.8 Å². The summed E-state index contributed by atoms with van der Waals surface area (Å²) in [5.74, 6) is -0.507. The summed E-state index contributed by atoms with van der Waals surface area (Å²) in [5.41, 5.74) is 4.24. The van der Waals surface area contributed by atoms with Crippen LogP contribution in [0.4, 0.5) is 4.39 Å². The number of aromatic nitrogens is 4. The Hall–Kier alpha value is -5.40. The number of carbonyl (C=O) groups is 1. The number of hydrogen-bond donors (Lipinski definition) is 1. The van der Waals surface area contributed by atoms with Crippen LogP contribution in [0.2, 0.25) is 10.0 Å². The van der Waals surface area contributed by atoms with Crippen LogP contribution in [0.3, 0.4) is 0 Å². The molecule has 15 nitrogen and oxygen atoms in total. The number of ether oxygens (including phenoxy) is 7. The van der Waals surface area contributed by atoms with Gasteiger partial charge in [0.15, 0.2) is 5.75 Å². The Bertz CT molecular complexity index is 2690. The topological polar surface area (TPSA) is 160 Å². The zero-order valence-electron chi connectivity index (χ0n) is 36.4. The molecule has 4 aliphatic heterocycles. The van der Waals surface area contributed by atoms with Crippen LogP contribution in [0, 0.1) is 19.7 Å². The molecule has 10 rings (SSSR count). The van der Waals surface area contributed by atoms with Crippen LogP contribution in [0.15, 0.2) is 61.1 Å². The number of aliphatic carboxylic acids is 1. The van der Waals surface area contributed by atoms with Gasteiger partial charge in [-0.15, -0.1) is 11.3 Å². The lowest BCUT2D eigenvalue weighted by Crippen LogP contribution is -2.49. The van der Waals surface area contributed by atoms with E-state index in [4.69, 9.17) is 56.4 Å². The van der Waals surface area contributed by atoms with Crippen molar-refractivity contribution in [3.63, 3.8) is 0 Å². The summed E-state index contributed by atoms with van der Waals surface area (Å²) in [4.78, 5) is 37.0. The first kappa shape index (κ1) is 45.7. The third kappa shape index (κ3) is 10.1. The molecular weight excluding hydrogens is 915 g/mol. The molecule has 7 heterocycles. The predicted molar refractivity (Wildman–Crippen MR) is 246 cm³/mol. The van der Waals surface area contributed by atoms with Crippen molar-refractivity contribution in [1.29, 1.82) is 0 Å². The first-order valence-corrected chi connectivity index (χ1v) is 23.1. The van der Waals surface area contributed by atoms with Gasteiger partial charge in [0, 0.05) is 61.3 Å². The minimum Gasteiger partial charge on any atom is -0.490 e. The first-order chi connectivity index (χ1) is 32.0. The number of piperazine rings is 1. The van der Waals surface area contributed by atoms with Gasteiger partial charge in [-0.3, -0.25) is 4.90 Å². The molecule has 19 heteroatoms. The molecule has 3 aromatic heterocycles. The fraction of sp³-hybridized carbons (Fsp3) is 0.383. The average molecular weight is 962 g/mol. The second kappa shape index (κ2) is 20.2. The highest BCUT2D eigenvalue weighted by molar-refractivity contribution is 7.22. The first-order valence-electron chi connectivity index (χ1n) is 21.5. The van der Waals surface area contributed by atoms with Crippen molar-refractivity contribution in [2.75, 3.05) is 72.8 Å². The molecule has 0 radical (unpaired) electrons. The molecule has 0 amide bonds. The van der Waals surface area contributed by atoms with Gasteiger partial charge in [-0.1, -0.05) is 35.3 Å². The summed E-state index contributed by atoms with van der Waals surface area (Å²) in [6, 6.07) is 13.2. The molecular formula is C47H47Cl2FN6O9S. The second-order valence-electron chi connectivity index (χ2n) is 16.3. The fourth-order valence-electron chi connectivity index (χ4n) is 8.19. The van der Waals surface area contributed by atoms with Crippen molar-refractivity contribution in [3.05, 3.63) is 99.3 Å². The van der Waals surface area contributed by atoms with Crippen LogP contribution in [-0.2, 0) is 27.3 Å². The van der Waals surface area contributed by atoms with E-state index in [-0.39, 0.29) is 44.2 Å².